The van der Waals surface area contributed by atoms with Gasteiger partial charge in [0, 0.05) is 11.4 Å². The van der Waals surface area contributed by atoms with Gasteiger partial charge < -0.3 is 20.9 Å². The quantitative estimate of drug-likeness (QED) is 0.503. The molecule has 0 aromatic heterocycles. The third-order valence-electron chi connectivity index (χ3n) is 1.99. The summed E-state index contributed by atoms with van der Waals surface area (Å²) >= 11 is 0. The zero-order chi connectivity index (χ0) is 12.0. The van der Waals surface area contributed by atoms with Gasteiger partial charge in [0.15, 0.2) is 0 Å². The van der Waals surface area contributed by atoms with Crippen LogP contribution in [0.5, 0.6) is 0 Å². The molecule has 0 saturated carbocycles. The molecule has 0 saturated heterocycles. The minimum absolute atomic E-state index is 0.0651. The van der Waals surface area contributed by atoms with Crippen molar-refractivity contribution in [2.45, 2.75) is 6.92 Å². The van der Waals surface area contributed by atoms with Gasteiger partial charge in [-0.1, -0.05) is 0 Å². The van der Waals surface area contributed by atoms with Crippen molar-refractivity contribution in [3.05, 3.63) is 23.8 Å². The molecule has 1 aromatic rings. The molecule has 88 valence electrons. The summed E-state index contributed by atoms with van der Waals surface area (Å²) in [7, 11) is 0. The second kappa shape index (κ2) is 6.09. The maximum absolute atomic E-state index is 11.4. The number of benzene rings is 1. The Morgan fingerprint density at radius 3 is 2.94 bits per heavy atom. The summed E-state index contributed by atoms with van der Waals surface area (Å²) in [4.78, 5) is 11.4. The number of aliphatic hydroxyl groups is 1. The first-order valence-electron chi connectivity index (χ1n) is 4.98. The number of ether oxygens (including phenoxy) is 1. The van der Waals surface area contributed by atoms with Gasteiger partial charge in [0.1, 0.15) is 6.61 Å². The van der Waals surface area contributed by atoms with Crippen LogP contribution in [-0.4, -0.2) is 30.8 Å². The number of amides is 1. The third-order valence-corrected chi connectivity index (χ3v) is 1.99. The molecule has 0 aliphatic heterocycles. The highest BCUT2D eigenvalue weighted by atomic mass is 16.5. The molecule has 0 unspecified atom stereocenters. The standard InChI is InChI=1S/C11H16N2O3/c1-8-6-9(12)2-3-10(8)13-11(15)7-16-5-4-14/h2-3,6,14H,4-5,7,12H2,1H3,(H,13,15). The number of hydrogen-bond donors (Lipinski definition) is 3. The summed E-state index contributed by atoms with van der Waals surface area (Å²) < 4.78 is 4.89. The summed E-state index contributed by atoms with van der Waals surface area (Å²) in [5.41, 5.74) is 7.86. The molecule has 0 aliphatic carbocycles. The van der Waals surface area contributed by atoms with Crippen molar-refractivity contribution in [1.82, 2.24) is 0 Å². The number of aliphatic hydroxyl groups excluding tert-OH is 1. The first-order valence-corrected chi connectivity index (χ1v) is 4.98. The van der Waals surface area contributed by atoms with E-state index in [1.807, 2.05) is 6.92 Å². The Kier molecular flexibility index (Phi) is 4.75. The van der Waals surface area contributed by atoms with Crippen molar-refractivity contribution < 1.29 is 14.6 Å². The number of carbonyl (C=O) groups is 1. The van der Waals surface area contributed by atoms with Gasteiger partial charge in [-0.15, -0.1) is 0 Å². The number of nitrogen functional groups attached to an aromatic ring is 1. The molecule has 0 radical (unpaired) electrons. The van der Waals surface area contributed by atoms with Crippen LogP contribution in [0.1, 0.15) is 5.56 Å². The Balaban J connectivity index is 2.49. The third kappa shape index (κ3) is 3.88. The zero-order valence-electron chi connectivity index (χ0n) is 9.19. The summed E-state index contributed by atoms with van der Waals surface area (Å²) in [5, 5.41) is 11.2. The van der Waals surface area contributed by atoms with Crippen molar-refractivity contribution >= 4 is 17.3 Å². The van der Waals surface area contributed by atoms with Crippen molar-refractivity contribution in [1.29, 1.82) is 0 Å². The number of nitrogens with two attached hydrogens (primary N) is 1. The van der Waals surface area contributed by atoms with E-state index in [9.17, 15) is 4.79 Å². The van der Waals surface area contributed by atoms with Gasteiger partial charge in [0.05, 0.1) is 13.2 Å². The van der Waals surface area contributed by atoms with Crippen molar-refractivity contribution in [2.24, 2.45) is 0 Å². The topological polar surface area (TPSA) is 84.6 Å². The molecule has 16 heavy (non-hydrogen) atoms. The molecule has 1 aromatic carbocycles. The molecule has 0 aliphatic rings. The largest absolute Gasteiger partial charge is 0.399 e. The molecule has 5 heteroatoms. The Bertz CT molecular complexity index is 366. The van der Waals surface area contributed by atoms with Gasteiger partial charge in [0.2, 0.25) is 5.91 Å². The summed E-state index contributed by atoms with van der Waals surface area (Å²) in [5.74, 6) is -0.249. The molecule has 1 rings (SSSR count). The highest BCUT2D eigenvalue weighted by molar-refractivity contribution is 5.92. The van der Waals surface area contributed by atoms with Gasteiger partial charge in [-0.05, 0) is 30.7 Å². The summed E-state index contributed by atoms with van der Waals surface area (Å²) in [6, 6.07) is 5.25. The van der Waals surface area contributed by atoms with E-state index in [0.717, 1.165) is 5.56 Å². The lowest BCUT2D eigenvalue weighted by Gasteiger charge is -2.09. The average molecular weight is 224 g/mol. The number of carbonyl (C=O) groups excluding carboxylic acids is 1. The molecule has 0 spiro atoms. The smallest absolute Gasteiger partial charge is 0.250 e. The number of anilines is 2. The van der Waals surface area contributed by atoms with Crippen LogP contribution in [0, 0.1) is 6.92 Å². The Morgan fingerprint density at radius 2 is 2.31 bits per heavy atom. The molecule has 0 fully saturated rings. The fourth-order valence-corrected chi connectivity index (χ4v) is 1.24. The molecule has 1 amide bonds. The fourth-order valence-electron chi connectivity index (χ4n) is 1.24. The van der Waals surface area contributed by atoms with Gasteiger partial charge in [-0.3, -0.25) is 4.79 Å². The monoisotopic (exact) mass is 224 g/mol. The predicted molar refractivity (Wildman–Crippen MR) is 62.1 cm³/mol. The van der Waals surface area contributed by atoms with Crippen molar-refractivity contribution in [3.63, 3.8) is 0 Å². The van der Waals surface area contributed by atoms with E-state index in [4.69, 9.17) is 15.6 Å². The predicted octanol–water partition coefficient (Wildman–Crippen LogP) is 0.525. The van der Waals surface area contributed by atoms with E-state index in [-0.39, 0.29) is 25.7 Å². The normalized spacial score (nSPS) is 10.1. The number of aryl methyl sites for hydroxylation is 1. The van der Waals surface area contributed by atoms with Gasteiger partial charge in [-0.25, -0.2) is 0 Å². The lowest BCUT2D eigenvalue weighted by molar-refractivity contribution is -0.120. The Hall–Kier alpha value is -1.59. The first-order chi connectivity index (χ1) is 7.63. The minimum atomic E-state index is -0.249. The maximum Gasteiger partial charge on any atom is 0.250 e. The highest BCUT2D eigenvalue weighted by Crippen LogP contribution is 2.17. The van der Waals surface area contributed by atoms with E-state index >= 15 is 0 Å². The highest BCUT2D eigenvalue weighted by Gasteiger charge is 2.04. The van der Waals surface area contributed by atoms with Crippen LogP contribution in [0.15, 0.2) is 18.2 Å². The van der Waals surface area contributed by atoms with Crippen LogP contribution in [0.25, 0.3) is 0 Å². The summed E-state index contributed by atoms with van der Waals surface area (Å²) in [6.45, 7) is 1.87. The molecule has 5 nitrogen and oxygen atoms in total. The van der Waals surface area contributed by atoms with Crippen LogP contribution in [0.3, 0.4) is 0 Å². The maximum atomic E-state index is 11.4. The molecule has 0 bridgehead atoms. The average Bonchev–Trinajstić information content (AvgIpc) is 2.23. The molecular formula is C11H16N2O3. The van der Waals surface area contributed by atoms with Crippen LogP contribution >= 0.6 is 0 Å². The van der Waals surface area contributed by atoms with E-state index in [1.54, 1.807) is 18.2 Å². The van der Waals surface area contributed by atoms with E-state index in [2.05, 4.69) is 5.32 Å². The molecule has 4 N–H and O–H groups in total. The molecular weight excluding hydrogens is 208 g/mol. The fraction of sp³-hybridized carbons (Fsp3) is 0.364. The van der Waals surface area contributed by atoms with E-state index < -0.39 is 0 Å². The molecule has 0 atom stereocenters. The first kappa shape index (κ1) is 12.5. The summed E-state index contributed by atoms with van der Waals surface area (Å²) in [6.07, 6.45) is 0. The lowest BCUT2D eigenvalue weighted by atomic mass is 10.2. The molecule has 0 heterocycles. The van der Waals surface area contributed by atoms with E-state index in [0.29, 0.717) is 11.4 Å². The number of hydrogen-bond acceptors (Lipinski definition) is 4. The van der Waals surface area contributed by atoms with Gasteiger partial charge in [0.25, 0.3) is 0 Å². The SMILES string of the molecule is Cc1cc(N)ccc1NC(=O)COCCO. The van der Waals surface area contributed by atoms with Crippen molar-refractivity contribution in [3.8, 4) is 0 Å². The van der Waals surface area contributed by atoms with Crippen molar-refractivity contribution in [2.75, 3.05) is 30.9 Å². The minimum Gasteiger partial charge on any atom is -0.399 e. The Morgan fingerprint density at radius 1 is 1.56 bits per heavy atom. The van der Waals surface area contributed by atoms with Crippen LogP contribution < -0.4 is 11.1 Å². The Labute approximate surface area is 94.2 Å². The van der Waals surface area contributed by atoms with Gasteiger partial charge >= 0.3 is 0 Å². The van der Waals surface area contributed by atoms with Crippen LogP contribution in [0.2, 0.25) is 0 Å². The van der Waals surface area contributed by atoms with Crippen LogP contribution in [0.4, 0.5) is 11.4 Å². The second-order valence-electron chi connectivity index (χ2n) is 3.40. The number of rotatable bonds is 5. The van der Waals surface area contributed by atoms with Crippen LogP contribution in [-0.2, 0) is 9.53 Å². The lowest BCUT2D eigenvalue weighted by Crippen LogP contribution is -2.19. The van der Waals surface area contributed by atoms with E-state index in [1.165, 1.54) is 0 Å². The van der Waals surface area contributed by atoms with Gasteiger partial charge in [-0.2, -0.15) is 0 Å². The zero-order valence-corrected chi connectivity index (χ0v) is 9.19. The number of nitrogens with one attached hydrogen (secondary N) is 1. The second-order valence-corrected chi connectivity index (χ2v) is 3.40.